The number of rotatable bonds is 4. The van der Waals surface area contributed by atoms with E-state index in [9.17, 15) is 4.79 Å². The SMILES string of the molecule is CC(=O)Nc1ccc(NCc2ccc(C)nc2)cc1C. The van der Waals surface area contributed by atoms with E-state index >= 15 is 0 Å². The van der Waals surface area contributed by atoms with Crippen molar-refractivity contribution in [2.24, 2.45) is 0 Å². The Balaban J connectivity index is 2.01. The van der Waals surface area contributed by atoms with Crippen molar-refractivity contribution < 1.29 is 4.79 Å². The first kappa shape index (κ1) is 14.1. The molecule has 2 aromatic rings. The summed E-state index contributed by atoms with van der Waals surface area (Å²) in [5, 5.41) is 6.15. The lowest BCUT2D eigenvalue weighted by molar-refractivity contribution is -0.114. The summed E-state index contributed by atoms with van der Waals surface area (Å²) in [6.07, 6.45) is 1.88. The maximum absolute atomic E-state index is 11.1. The number of carbonyl (C=O) groups is 1. The van der Waals surface area contributed by atoms with Gasteiger partial charge in [-0.15, -0.1) is 0 Å². The van der Waals surface area contributed by atoms with Gasteiger partial charge in [0.15, 0.2) is 0 Å². The largest absolute Gasteiger partial charge is 0.381 e. The van der Waals surface area contributed by atoms with Crippen molar-refractivity contribution in [3.05, 3.63) is 53.3 Å². The monoisotopic (exact) mass is 269 g/mol. The van der Waals surface area contributed by atoms with Crippen LogP contribution >= 0.6 is 0 Å². The third-order valence-electron chi connectivity index (χ3n) is 3.01. The average molecular weight is 269 g/mol. The summed E-state index contributed by atoms with van der Waals surface area (Å²) in [5.41, 5.74) is 5.06. The van der Waals surface area contributed by atoms with Gasteiger partial charge in [-0.05, 0) is 49.2 Å². The van der Waals surface area contributed by atoms with Crippen molar-refractivity contribution in [3.63, 3.8) is 0 Å². The van der Waals surface area contributed by atoms with E-state index in [1.807, 2.05) is 44.3 Å². The molecule has 2 N–H and O–H groups in total. The van der Waals surface area contributed by atoms with E-state index in [-0.39, 0.29) is 5.91 Å². The second-order valence-corrected chi connectivity index (χ2v) is 4.87. The Hall–Kier alpha value is -2.36. The van der Waals surface area contributed by atoms with Crippen LogP contribution in [0.15, 0.2) is 36.5 Å². The summed E-state index contributed by atoms with van der Waals surface area (Å²) in [6, 6.07) is 9.95. The van der Waals surface area contributed by atoms with E-state index in [0.29, 0.717) is 0 Å². The van der Waals surface area contributed by atoms with E-state index in [0.717, 1.165) is 34.7 Å². The van der Waals surface area contributed by atoms with Gasteiger partial charge in [0.1, 0.15) is 0 Å². The number of aromatic nitrogens is 1. The minimum absolute atomic E-state index is 0.0560. The van der Waals surface area contributed by atoms with Gasteiger partial charge < -0.3 is 10.6 Å². The van der Waals surface area contributed by atoms with Crippen molar-refractivity contribution in [2.75, 3.05) is 10.6 Å². The van der Waals surface area contributed by atoms with E-state index in [1.165, 1.54) is 6.92 Å². The van der Waals surface area contributed by atoms with Crippen molar-refractivity contribution in [1.29, 1.82) is 0 Å². The van der Waals surface area contributed by atoms with Crippen LogP contribution < -0.4 is 10.6 Å². The normalized spacial score (nSPS) is 10.2. The molecule has 0 aliphatic carbocycles. The Morgan fingerprint density at radius 3 is 2.60 bits per heavy atom. The van der Waals surface area contributed by atoms with E-state index < -0.39 is 0 Å². The fourth-order valence-electron chi connectivity index (χ4n) is 1.91. The summed E-state index contributed by atoms with van der Waals surface area (Å²) in [5.74, 6) is -0.0560. The Morgan fingerprint density at radius 1 is 1.20 bits per heavy atom. The fourth-order valence-corrected chi connectivity index (χ4v) is 1.91. The highest BCUT2D eigenvalue weighted by molar-refractivity contribution is 5.89. The fraction of sp³-hybridized carbons (Fsp3) is 0.250. The quantitative estimate of drug-likeness (QED) is 0.895. The van der Waals surface area contributed by atoms with Crippen LogP contribution in [0.1, 0.15) is 23.7 Å². The molecule has 0 spiro atoms. The lowest BCUT2D eigenvalue weighted by Crippen LogP contribution is -2.07. The Labute approximate surface area is 119 Å². The maximum Gasteiger partial charge on any atom is 0.221 e. The highest BCUT2D eigenvalue weighted by Gasteiger charge is 2.02. The summed E-state index contributed by atoms with van der Waals surface area (Å²) in [6.45, 7) is 6.19. The molecular weight excluding hydrogens is 250 g/mol. The van der Waals surface area contributed by atoms with Crippen molar-refractivity contribution in [1.82, 2.24) is 4.98 Å². The predicted molar refractivity (Wildman–Crippen MR) is 81.8 cm³/mol. The zero-order valence-corrected chi connectivity index (χ0v) is 12.0. The number of anilines is 2. The lowest BCUT2D eigenvalue weighted by atomic mass is 10.1. The highest BCUT2D eigenvalue weighted by Crippen LogP contribution is 2.20. The zero-order chi connectivity index (χ0) is 14.5. The summed E-state index contributed by atoms with van der Waals surface area (Å²) in [4.78, 5) is 15.3. The molecule has 4 heteroatoms. The van der Waals surface area contributed by atoms with E-state index in [1.54, 1.807) is 0 Å². The van der Waals surface area contributed by atoms with Crippen LogP contribution in [-0.2, 0) is 11.3 Å². The van der Waals surface area contributed by atoms with Gasteiger partial charge in [0.2, 0.25) is 5.91 Å². The molecule has 1 aromatic heterocycles. The minimum atomic E-state index is -0.0560. The molecule has 0 aliphatic heterocycles. The summed E-state index contributed by atoms with van der Waals surface area (Å²) in [7, 11) is 0. The number of nitrogens with one attached hydrogen (secondary N) is 2. The number of benzene rings is 1. The van der Waals surface area contributed by atoms with Crippen LogP contribution in [0.4, 0.5) is 11.4 Å². The molecule has 0 saturated carbocycles. The predicted octanol–water partition coefficient (Wildman–Crippen LogP) is 3.27. The number of nitrogens with zero attached hydrogens (tertiary/aromatic N) is 1. The first-order valence-corrected chi connectivity index (χ1v) is 6.58. The molecule has 0 unspecified atom stereocenters. The molecule has 1 aromatic carbocycles. The number of carbonyl (C=O) groups excluding carboxylic acids is 1. The van der Waals surface area contributed by atoms with Gasteiger partial charge in [-0.25, -0.2) is 0 Å². The first-order valence-electron chi connectivity index (χ1n) is 6.58. The number of amides is 1. The lowest BCUT2D eigenvalue weighted by Gasteiger charge is -2.11. The van der Waals surface area contributed by atoms with Gasteiger partial charge in [-0.3, -0.25) is 9.78 Å². The Bertz CT molecular complexity index is 606. The van der Waals surface area contributed by atoms with Crippen LogP contribution in [0, 0.1) is 13.8 Å². The summed E-state index contributed by atoms with van der Waals surface area (Å²) < 4.78 is 0. The first-order chi connectivity index (χ1) is 9.54. The van der Waals surface area contributed by atoms with Crippen LogP contribution in [0.5, 0.6) is 0 Å². The van der Waals surface area contributed by atoms with Crippen LogP contribution in [0.25, 0.3) is 0 Å². The number of aryl methyl sites for hydroxylation is 2. The maximum atomic E-state index is 11.1. The van der Waals surface area contributed by atoms with Gasteiger partial charge in [0.05, 0.1) is 0 Å². The smallest absolute Gasteiger partial charge is 0.221 e. The van der Waals surface area contributed by atoms with Crippen molar-refractivity contribution in [3.8, 4) is 0 Å². The molecule has 20 heavy (non-hydrogen) atoms. The van der Waals surface area contributed by atoms with Gasteiger partial charge in [0, 0.05) is 36.7 Å². The third-order valence-corrected chi connectivity index (χ3v) is 3.01. The Kier molecular flexibility index (Phi) is 4.35. The van der Waals surface area contributed by atoms with E-state index in [2.05, 4.69) is 21.7 Å². The van der Waals surface area contributed by atoms with Crippen LogP contribution in [0.3, 0.4) is 0 Å². The number of hydrogen-bond acceptors (Lipinski definition) is 3. The van der Waals surface area contributed by atoms with Crippen molar-refractivity contribution in [2.45, 2.75) is 27.3 Å². The number of pyridine rings is 1. The third kappa shape index (κ3) is 3.82. The molecule has 1 amide bonds. The van der Waals surface area contributed by atoms with Gasteiger partial charge in [-0.1, -0.05) is 6.07 Å². The molecule has 0 atom stereocenters. The molecule has 104 valence electrons. The van der Waals surface area contributed by atoms with E-state index in [4.69, 9.17) is 0 Å². The van der Waals surface area contributed by atoms with Crippen molar-refractivity contribution >= 4 is 17.3 Å². The molecular formula is C16H19N3O. The Morgan fingerprint density at radius 2 is 2.00 bits per heavy atom. The van der Waals surface area contributed by atoms with Crippen LogP contribution in [0.2, 0.25) is 0 Å². The standard InChI is InChI=1S/C16H19N3O/c1-11-8-15(6-7-16(11)19-13(3)20)18-10-14-5-4-12(2)17-9-14/h4-9,18H,10H2,1-3H3,(H,19,20). The number of hydrogen-bond donors (Lipinski definition) is 2. The summed E-state index contributed by atoms with van der Waals surface area (Å²) >= 11 is 0. The second kappa shape index (κ2) is 6.19. The molecule has 1 heterocycles. The molecule has 0 bridgehead atoms. The zero-order valence-electron chi connectivity index (χ0n) is 12.0. The topological polar surface area (TPSA) is 54.0 Å². The second-order valence-electron chi connectivity index (χ2n) is 4.87. The van der Waals surface area contributed by atoms with Crippen LogP contribution in [-0.4, -0.2) is 10.9 Å². The molecule has 0 saturated heterocycles. The average Bonchev–Trinajstić information content (AvgIpc) is 2.40. The molecule has 4 nitrogen and oxygen atoms in total. The minimum Gasteiger partial charge on any atom is -0.381 e. The molecule has 0 aliphatic rings. The van der Waals surface area contributed by atoms with Gasteiger partial charge in [-0.2, -0.15) is 0 Å². The van der Waals surface area contributed by atoms with Gasteiger partial charge in [0.25, 0.3) is 0 Å². The highest BCUT2D eigenvalue weighted by atomic mass is 16.1. The molecule has 2 rings (SSSR count). The molecule has 0 fully saturated rings. The molecule has 0 radical (unpaired) electrons. The van der Waals surface area contributed by atoms with Gasteiger partial charge >= 0.3 is 0 Å².